The van der Waals surface area contributed by atoms with Crippen molar-refractivity contribution < 1.29 is 9.47 Å². The second kappa shape index (κ2) is 9.12. The number of hydrogen-bond acceptors (Lipinski definition) is 4. The minimum absolute atomic E-state index is 0.305. The van der Waals surface area contributed by atoms with Gasteiger partial charge in [-0.1, -0.05) is 19.9 Å². The largest absolute Gasteiger partial charge is 0.454 e. The van der Waals surface area contributed by atoms with E-state index in [2.05, 4.69) is 36.3 Å². The lowest BCUT2D eigenvalue weighted by Crippen LogP contribution is -2.48. The zero-order chi connectivity index (χ0) is 18.4. The van der Waals surface area contributed by atoms with Gasteiger partial charge in [-0.2, -0.15) is 0 Å². The standard InChI is InChI=1S/C20H32N4O2/c1-4-21-20(23-13-17(15(2)3)24-9-5-6-10-24)22-12-16-7-8-18-19(11-16)26-14-25-18/h7-8,11,15,17H,4-6,9-10,12-14H2,1-3H3,(H2,21,22,23). The molecule has 1 unspecified atom stereocenters. The molecule has 3 rings (SSSR count). The molecule has 2 aliphatic heterocycles. The van der Waals surface area contributed by atoms with Gasteiger partial charge in [-0.25, -0.2) is 4.99 Å². The Morgan fingerprint density at radius 2 is 1.92 bits per heavy atom. The highest BCUT2D eigenvalue weighted by atomic mass is 16.7. The number of nitrogens with one attached hydrogen (secondary N) is 2. The van der Waals surface area contributed by atoms with Crippen LogP contribution < -0.4 is 20.1 Å². The van der Waals surface area contributed by atoms with Gasteiger partial charge in [0, 0.05) is 19.1 Å². The Bertz CT molecular complexity index is 612. The maximum atomic E-state index is 5.45. The van der Waals surface area contributed by atoms with Crippen LogP contribution in [0.4, 0.5) is 0 Å². The van der Waals surface area contributed by atoms with Gasteiger partial charge in [0.25, 0.3) is 0 Å². The summed E-state index contributed by atoms with van der Waals surface area (Å²) in [6.07, 6.45) is 2.64. The van der Waals surface area contributed by atoms with Gasteiger partial charge in [0.05, 0.1) is 6.54 Å². The number of hydrogen-bond donors (Lipinski definition) is 2. The van der Waals surface area contributed by atoms with E-state index < -0.39 is 0 Å². The normalized spacial score (nSPS) is 18.4. The van der Waals surface area contributed by atoms with Crippen LogP contribution in [0.1, 0.15) is 39.2 Å². The summed E-state index contributed by atoms with van der Waals surface area (Å²) in [5.41, 5.74) is 1.12. The minimum Gasteiger partial charge on any atom is -0.454 e. The molecule has 1 aromatic carbocycles. The highest BCUT2D eigenvalue weighted by molar-refractivity contribution is 5.79. The smallest absolute Gasteiger partial charge is 0.231 e. The van der Waals surface area contributed by atoms with Crippen molar-refractivity contribution in [2.24, 2.45) is 10.9 Å². The monoisotopic (exact) mass is 360 g/mol. The first-order valence-electron chi connectivity index (χ1n) is 9.82. The topological polar surface area (TPSA) is 58.1 Å². The molecular formula is C20H32N4O2. The molecule has 2 heterocycles. The van der Waals surface area contributed by atoms with E-state index in [-0.39, 0.29) is 0 Å². The molecule has 2 N–H and O–H groups in total. The fraction of sp³-hybridized carbons (Fsp3) is 0.650. The number of benzene rings is 1. The van der Waals surface area contributed by atoms with Gasteiger partial charge in [0.2, 0.25) is 6.79 Å². The quantitative estimate of drug-likeness (QED) is 0.578. The summed E-state index contributed by atoms with van der Waals surface area (Å²) in [6.45, 7) is 11.8. The molecule has 0 amide bonds. The van der Waals surface area contributed by atoms with Crippen molar-refractivity contribution >= 4 is 5.96 Å². The lowest BCUT2D eigenvalue weighted by Gasteiger charge is -2.31. The van der Waals surface area contributed by atoms with Gasteiger partial charge in [-0.15, -0.1) is 0 Å². The highest BCUT2D eigenvalue weighted by Crippen LogP contribution is 2.32. The molecule has 0 radical (unpaired) electrons. The Labute approximate surface area is 157 Å². The SMILES string of the molecule is CCNC(=NCc1ccc2c(c1)OCO2)NCC(C(C)C)N1CCCC1. The lowest BCUT2D eigenvalue weighted by molar-refractivity contribution is 0.174. The lowest BCUT2D eigenvalue weighted by atomic mass is 10.0. The molecule has 0 spiro atoms. The van der Waals surface area contributed by atoms with E-state index in [1.165, 1.54) is 25.9 Å². The molecule has 0 bridgehead atoms. The van der Waals surface area contributed by atoms with E-state index in [4.69, 9.17) is 14.5 Å². The summed E-state index contributed by atoms with van der Waals surface area (Å²) in [5, 5.41) is 6.90. The van der Waals surface area contributed by atoms with Gasteiger partial charge >= 0.3 is 0 Å². The number of fused-ring (bicyclic) bond motifs is 1. The first-order chi connectivity index (χ1) is 12.7. The summed E-state index contributed by atoms with van der Waals surface area (Å²) in [5.74, 6) is 3.12. The van der Waals surface area contributed by atoms with Crippen molar-refractivity contribution in [1.29, 1.82) is 0 Å². The molecule has 1 fully saturated rings. The van der Waals surface area contributed by atoms with Crippen molar-refractivity contribution in [3.8, 4) is 11.5 Å². The molecular weight excluding hydrogens is 328 g/mol. The Morgan fingerprint density at radius 1 is 1.15 bits per heavy atom. The average molecular weight is 361 g/mol. The van der Waals surface area contributed by atoms with Gasteiger partial charge in [0.1, 0.15) is 0 Å². The summed E-state index contributed by atoms with van der Waals surface area (Å²) in [7, 11) is 0. The van der Waals surface area contributed by atoms with Crippen LogP contribution in [0.15, 0.2) is 23.2 Å². The molecule has 26 heavy (non-hydrogen) atoms. The molecule has 2 aliphatic rings. The first-order valence-corrected chi connectivity index (χ1v) is 9.82. The second-order valence-corrected chi connectivity index (χ2v) is 7.32. The molecule has 0 saturated carbocycles. The number of nitrogens with zero attached hydrogens (tertiary/aromatic N) is 2. The van der Waals surface area contributed by atoms with Crippen LogP contribution in [0.25, 0.3) is 0 Å². The van der Waals surface area contributed by atoms with Crippen molar-refractivity contribution in [2.45, 2.75) is 46.2 Å². The molecule has 6 heteroatoms. The number of guanidine groups is 1. The molecule has 1 aromatic rings. The molecule has 0 aliphatic carbocycles. The maximum Gasteiger partial charge on any atom is 0.231 e. The summed E-state index contributed by atoms with van der Waals surface area (Å²) in [6, 6.07) is 6.56. The third kappa shape index (κ3) is 4.81. The van der Waals surface area contributed by atoms with Crippen LogP contribution in [0, 0.1) is 5.92 Å². The number of ether oxygens (including phenoxy) is 2. The molecule has 6 nitrogen and oxygen atoms in total. The van der Waals surface area contributed by atoms with Gasteiger partial charge < -0.3 is 20.1 Å². The number of likely N-dealkylation sites (tertiary alicyclic amines) is 1. The first kappa shape index (κ1) is 18.8. The summed E-state index contributed by atoms with van der Waals surface area (Å²) >= 11 is 0. The fourth-order valence-electron chi connectivity index (χ4n) is 3.61. The Hall–Kier alpha value is -1.95. The van der Waals surface area contributed by atoms with Crippen molar-refractivity contribution in [3.05, 3.63) is 23.8 Å². The van der Waals surface area contributed by atoms with E-state index in [1.54, 1.807) is 0 Å². The van der Waals surface area contributed by atoms with Crippen LogP contribution >= 0.6 is 0 Å². The Balaban J connectivity index is 1.59. The number of aliphatic imine (C=N–C) groups is 1. The van der Waals surface area contributed by atoms with Crippen molar-refractivity contribution in [2.75, 3.05) is 33.0 Å². The average Bonchev–Trinajstić information content (AvgIpc) is 3.30. The van der Waals surface area contributed by atoms with Gasteiger partial charge in [-0.3, -0.25) is 4.90 Å². The van der Waals surface area contributed by atoms with Gasteiger partial charge in [0.15, 0.2) is 17.5 Å². The van der Waals surface area contributed by atoms with Crippen LogP contribution in [-0.2, 0) is 6.54 Å². The molecule has 144 valence electrons. The minimum atomic E-state index is 0.305. The Kier molecular flexibility index (Phi) is 6.61. The second-order valence-electron chi connectivity index (χ2n) is 7.32. The third-order valence-electron chi connectivity index (χ3n) is 5.06. The van der Waals surface area contributed by atoms with Crippen molar-refractivity contribution in [3.63, 3.8) is 0 Å². The van der Waals surface area contributed by atoms with Crippen molar-refractivity contribution in [1.82, 2.24) is 15.5 Å². The van der Waals surface area contributed by atoms with Crippen LogP contribution in [0.3, 0.4) is 0 Å². The predicted octanol–water partition coefficient (Wildman–Crippen LogP) is 2.59. The zero-order valence-corrected chi connectivity index (χ0v) is 16.3. The Morgan fingerprint density at radius 3 is 2.65 bits per heavy atom. The van der Waals surface area contributed by atoms with E-state index in [1.807, 2.05) is 18.2 Å². The van der Waals surface area contributed by atoms with E-state index in [0.29, 0.717) is 25.3 Å². The van der Waals surface area contributed by atoms with Crippen LogP contribution in [0.2, 0.25) is 0 Å². The maximum absolute atomic E-state index is 5.45. The van der Waals surface area contributed by atoms with Crippen LogP contribution in [0.5, 0.6) is 11.5 Å². The van der Waals surface area contributed by atoms with E-state index in [9.17, 15) is 0 Å². The molecule has 1 atom stereocenters. The molecule has 0 aromatic heterocycles. The summed E-state index contributed by atoms with van der Waals surface area (Å²) < 4.78 is 10.8. The van der Waals surface area contributed by atoms with Crippen LogP contribution in [-0.4, -0.2) is 49.9 Å². The number of rotatable bonds is 7. The third-order valence-corrected chi connectivity index (χ3v) is 5.06. The van der Waals surface area contributed by atoms with E-state index >= 15 is 0 Å². The van der Waals surface area contributed by atoms with Gasteiger partial charge in [-0.05, 0) is 56.5 Å². The fourth-order valence-corrected chi connectivity index (χ4v) is 3.61. The molecule has 1 saturated heterocycles. The predicted molar refractivity (Wildman–Crippen MR) is 105 cm³/mol. The zero-order valence-electron chi connectivity index (χ0n) is 16.3. The van der Waals surface area contributed by atoms with E-state index in [0.717, 1.165) is 36.1 Å². The highest BCUT2D eigenvalue weighted by Gasteiger charge is 2.24. The summed E-state index contributed by atoms with van der Waals surface area (Å²) in [4.78, 5) is 7.36.